The summed E-state index contributed by atoms with van der Waals surface area (Å²) >= 11 is 0. The molecule has 0 spiro atoms. The lowest BCUT2D eigenvalue weighted by molar-refractivity contribution is 0.0755. The molecule has 1 N–H and O–H groups in total. The maximum Gasteiger partial charge on any atom is 0.0574 e. The molecule has 0 heterocycles. The van der Waals surface area contributed by atoms with Gasteiger partial charge in [-0.15, -0.1) is 0 Å². The Hall–Kier alpha value is -0.300. The summed E-state index contributed by atoms with van der Waals surface area (Å²) < 4.78 is 0. The maximum atomic E-state index is 9.80. The quantitative estimate of drug-likeness (QED) is 0.471. The minimum absolute atomic E-state index is 0.0933. The number of hydrogen-bond donors (Lipinski definition) is 1. The van der Waals surface area contributed by atoms with Gasteiger partial charge in [0.25, 0.3) is 0 Å². The van der Waals surface area contributed by atoms with Crippen LogP contribution < -0.4 is 0 Å². The molecule has 2 atom stereocenters. The monoisotopic (exact) mass is 168 g/mol. The Kier molecular flexibility index (Phi) is 3.33. The molecule has 0 bridgehead atoms. The molecule has 1 fully saturated rings. The van der Waals surface area contributed by atoms with E-state index in [9.17, 15) is 5.11 Å². The van der Waals surface area contributed by atoms with E-state index in [4.69, 9.17) is 0 Å². The summed E-state index contributed by atoms with van der Waals surface area (Å²) in [6.45, 7) is 8.38. The highest BCUT2D eigenvalue weighted by molar-refractivity contribution is 4.98. The lowest BCUT2D eigenvalue weighted by Gasteiger charge is -2.23. The van der Waals surface area contributed by atoms with Crippen LogP contribution >= 0.6 is 0 Å². The first-order chi connectivity index (χ1) is 5.61. The summed E-state index contributed by atoms with van der Waals surface area (Å²) in [6.07, 6.45) is 4.08. The van der Waals surface area contributed by atoms with Gasteiger partial charge in [0.05, 0.1) is 6.10 Å². The van der Waals surface area contributed by atoms with Crippen molar-refractivity contribution in [1.29, 1.82) is 0 Å². The van der Waals surface area contributed by atoms with E-state index < -0.39 is 0 Å². The first-order valence-electron chi connectivity index (χ1n) is 4.96. The zero-order chi connectivity index (χ0) is 9.14. The van der Waals surface area contributed by atoms with Crippen LogP contribution in [0.3, 0.4) is 0 Å². The zero-order valence-corrected chi connectivity index (χ0v) is 8.21. The summed E-state index contributed by atoms with van der Waals surface area (Å²) in [5.41, 5.74) is 1.32. The van der Waals surface area contributed by atoms with Crippen molar-refractivity contribution in [2.24, 2.45) is 11.8 Å². The third-order valence-electron chi connectivity index (χ3n) is 2.98. The molecule has 12 heavy (non-hydrogen) atoms. The fraction of sp³-hybridized carbons (Fsp3) is 0.818. The van der Waals surface area contributed by atoms with E-state index in [0.29, 0.717) is 11.8 Å². The molecule has 1 rings (SSSR count). The lowest BCUT2D eigenvalue weighted by atomic mass is 9.87. The van der Waals surface area contributed by atoms with E-state index in [1.165, 1.54) is 5.57 Å². The third kappa shape index (κ3) is 2.34. The minimum Gasteiger partial charge on any atom is -0.393 e. The van der Waals surface area contributed by atoms with Gasteiger partial charge in [-0.25, -0.2) is 0 Å². The summed E-state index contributed by atoms with van der Waals surface area (Å²) in [7, 11) is 0. The Morgan fingerprint density at radius 3 is 2.50 bits per heavy atom. The van der Waals surface area contributed by atoms with E-state index in [1.807, 2.05) is 0 Å². The van der Waals surface area contributed by atoms with Gasteiger partial charge >= 0.3 is 0 Å². The molecule has 0 radical (unpaired) electrons. The fourth-order valence-corrected chi connectivity index (χ4v) is 2.03. The zero-order valence-electron chi connectivity index (χ0n) is 8.21. The third-order valence-corrected chi connectivity index (χ3v) is 2.98. The van der Waals surface area contributed by atoms with Gasteiger partial charge < -0.3 is 5.11 Å². The van der Waals surface area contributed by atoms with Crippen molar-refractivity contribution in [1.82, 2.24) is 0 Å². The van der Waals surface area contributed by atoms with Crippen LogP contribution in [0.5, 0.6) is 0 Å². The standard InChI is InChI=1S/C11H20O/c1-8(2)10-6-4-9(3)5-7-11(10)12/h8,10-12H,3-7H2,1-2H3/t10-,11+/m1/s1. The first kappa shape index (κ1) is 9.79. The molecule has 0 unspecified atom stereocenters. The Morgan fingerprint density at radius 1 is 1.33 bits per heavy atom. The van der Waals surface area contributed by atoms with E-state index in [0.717, 1.165) is 25.7 Å². The van der Waals surface area contributed by atoms with E-state index in [1.54, 1.807) is 0 Å². The number of rotatable bonds is 1. The average molecular weight is 168 g/mol. The van der Waals surface area contributed by atoms with Crippen LogP contribution in [0.4, 0.5) is 0 Å². The van der Waals surface area contributed by atoms with Gasteiger partial charge in [0.2, 0.25) is 0 Å². The number of aliphatic hydroxyl groups excluding tert-OH is 1. The maximum absolute atomic E-state index is 9.80. The van der Waals surface area contributed by atoms with Crippen LogP contribution in [0.2, 0.25) is 0 Å². The number of aliphatic hydroxyl groups is 1. The second kappa shape index (κ2) is 4.08. The largest absolute Gasteiger partial charge is 0.393 e. The van der Waals surface area contributed by atoms with Crippen LogP contribution in [-0.4, -0.2) is 11.2 Å². The van der Waals surface area contributed by atoms with Crippen molar-refractivity contribution in [3.05, 3.63) is 12.2 Å². The Bertz CT molecular complexity index is 160. The molecule has 0 aliphatic heterocycles. The molecular weight excluding hydrogens is 148 g/mol. The molecule has 70 valence electrons. The summed E-state index contributed by atoms with van der Waals surface area (Å²) in [4.78, 5) is 0. The van der Waals surface area contributed by atoms with Crippen molar-refractivity contribution in [2.45, 2.75) is 45.6 Å². The number of hydrogen-bond acceptors (Lipinski definition) is 1. The summed E-state index contributed by atoms with van der Waals surface area (Å²) in [5.74, 6) is 1.09. The Balaban J connectivity index is 2.56. The lowest BCUT2D eigenvalue weighted by Crippen LogP contribution is -2.23. The Labute approximate surface area is 75.5 Å². The molecule has 1 aliphatic carbocycles. The Morgan fingerprint density at radius 2 is 1.92 bits per heavy atom. The smallest absolute Gasteiger partial charge is 0.0574 e. The molecule has 1 heteroatoms. The van der Waals surface area contributed by atoms with Crippen LogP contribution in [0.15, 0.2) is 12.2 Å². The minimum atomic E-state index is -0.0933. The van der Waals surface area contributed by atoms with Gasteiger partial charge in [-0.2, -0.15) is 0 Å². The van der Waals surface area contributed by atoms with E-state index >= 15 is 0 Å². The van der Waals surface area contributed by atoms with Gasteiger partial charge in [-0.1, -0.05) is 26.0 Å². The predicted octanol–water partition coefficient (Wildman–Crippen LogP) is 2.75. The highest BCUT2D eigenvalue weighted by Crippen LogP contribution is 2.30. The topological polar surface area (TPSA) is 20.2 Å². The molecule has 1 nitrogen and oxygen atoms in total. The molecule has 1 saturated carbocycles. The first-order valence-corrected chi connectivity index (χ1v) is 4.96. The van der Waals surface area contributed by atoms with Gasteiger partial charge in [0.15, 0.2) is 0 Å². The van der Waals surface area contributed by atoms with Gasteiger partial charge in [0.1, 0.15) is 0 Å². The molecule has 0 aromatic rings. The summed E-state index contributed by atoms with van der Waals surface area (Å²) in [5, 5.41) is 9.80. The van der Waals surface area contributed by atoms with Gasteiger partial charge in [-0.3, -0.25) is 0 Å². The summed E-state index contributed by atoms with van der Waals surface area (Å²) in [6, 6.07) is 0. The molecular formula is C11H20O. The van der Waals surface area contributed by atoms with Gasteiger partial charge in [-0.05, 0) is 37.5 Å². The van der Waals surface area contributed by atoms with Crippen LogP contribution in [-0.2, 0) is 0 Å². The fourth-order valence-electron chi connectivity index (χ4n) is 2.03. The van der Waals surface area contributed by atoms with Crippen molar-refractivity contribution in [3.8, 4) is 0 Å². The van der Waals surface area contributed by atoms with Gasteiger partial charge in [0, 0.05) is 0 Å². The highest BCUT2D eigenvalue weighted by atomic mass is 16.3. The second-order valence-electron chi connectivity index (χ2n) is 4.30. The van der Waals surface area contributed by atoms with Crippen molar-refractivity contribution in [2.75, 3.05) is 0 Å². The SMILES string of the molecule is C=C1CC[C@H](C(C)C)[C@@H](O)CC1. The highest BCUT2D eigenvalue weighted by Gasteiger charge is 2.24. The average Bonchev–Trinajstić information content (AvgIpc) is 2.14. The predicted molar refractivity (Wildman–Crippen MR) is 51.9 cm³/mol. The molecule has 0 aromatic carbocycles. The van der Waals surface area contributed by atoms with Crippen molar-refractivity contribution in [3.63, 3.8) is 0 Å². The number of allylic oxidation sites excluding steroid dienone is 1. The van der Waals surface area contributed by atoms with Crippen molar-refractivity contribution >= 4 is 0 Å². The van der Waals surface area contributed by atoms with E-state index in [2.05, 4.69) is 20.4 Å². The molecule has 1 aliphatic rings. The molecule has 0 aromatic heterocycles. The van der Waals surface area contributed by atoms with Crippen molar-refractivity contribution < 1.29 is 5.11 Å². The molecule has 0 amide bonds. The van der Waals surface area contributed by atoms with Crippen LogP contribution in [0.1, 0.15) is 39.5 Å². The normalized spacial score (nSPS) is 32.2. The van der Waals surface area contributed by atoms with Crippen LogP contribution in [0, 0.1) is 11.8 Å². The molecule has 0 saturated heterocycles. The van der Waals surface area contributed by atoms with Crippen LogP contribution in [0.25, 0.3) is 0 Å². The van der Waals surface area contributed by atoms with E-state index in [-0.39, 0.29) is 6.10 Å². The second-order valence-corrected chi connectivity index (χ2v) is 4.30.